The van der Waals surface area contributed by atoms with Gasteiger partial charge in [0.05, 0.1) is 8.07 Å². The van der Waals surface area contributed by atoms with Gasteiger partial charge in [-0.1, -0.05) is 173 Å². The minimum Gasteiger partial charge on any atom is -1.00 e. The van der Waals surface area contributed by atoms with E-state index in [9.17, 15) is 0 Å². The van der Waals surface area contributed by atoms with E-state index in [1.165, 1.54) is 46.2 Å². The summed E-state index contributed by atoms with van der Waals surface area (Å²) in [6, 6.07) is 23.6. The van der Waals surface area contributed by atoms with Crippen molar-refractivity contribution < 1.29 is 58.9 Å². The molecule has 2 aliphatic rings. The molecule has 51 heavy (non-hydrogen) atoms. The molecule has 0 heterocycles. The molecule has 0 aliphatic heterocycles. The van der Waals surface area contributed by atoms with Gasteiger partial charge in [-0.2, -0.15) is 5.54 Å². The fourth-order valence-electron chi connectivity index (χ4n) is 8.27. The predicted octanol–water partition coefficient (Wildman–Crippen LogP) is 2.56. The van der Waals surface area contributed by atoms with Crippen LogP contribution in [0.25, 0.3) is 0 Å². The van der Waals surface area contributed by atoms with Crippen molar-refractivity contribution in [1.29, 1.82) is 0 Å². The van der Waals surface area contributed by atoms with Crippen molar-refractivity contribution in [2.75, 3.05) is 0 Å². The van der Waals surface area contributed by atoms with Crippen molar-refractivity contribution in [3.63, 3.8) is 0 Å². The number of allylic oxidation sites excluding steroid dienone is 4. The minimum absolute atomic E-state index is 0. The first kappa shape index (κ1) is 47.8. The zero-order valence-electron chi connectivity index (χ0n) is 33.6. The molecular weight excluding hydrogens is 735 g/mol. The Labute approximate surface area is 347 Å². The Kier molecular flexibility index (Phi) is 18.2. The van der Waals surface area contributed by atoms with Crippen LogP contribution in [0.15, 0.2) is 78.4 Å². The first-order chi connectivity index (χ1) is 22.1. The molecule has 1 fully saturated rings. The molecule has 276 valence electrons. The maximum Gasteiger partial charge on any atom is 4.00 e. The maximum absolute atomic E-state index is 2.81. The molecule has 0 nitrogen and oxygen atoms in total. The van der Waals surface area contributed by atoms with Gasteiger partial charge in [-0.15, -0.1) is 12.2 Å². The van der Waals surface area contributed by atoms with Gasteiger partial charge in [0.1, 0.15) is 0 Å². The number of benzene rings is 3. The average Bonchev–Trinajstić information content (AvgIpc) is 3.36. The summed E-state index contributed by atoms with van der Waals surface area (Å²) in [5, 5.41) is 4.78. The predicted molar refractivity (Wildman–Crippen MR) is 211 cm³/mol. The Morgan fingerprint density at radius 1 is 0.510 bits per heavy atom. The largest absolute Gasteiger partial charge is 4.00 e. The third-order valence-electron chi connectivity index (χ3n) is 11.4. The zero-order chi connectivity index (χ0) is 34.4. The van der Waals surface area contributed by atoms with E-state index in [1.54, 1.807) is 26.7 Å². The van der Waals surface area contributed by atoms with Crippen LogP contribution in [-0.4, -0.2) is 8.07 Å². The molecule has 5 heteroatoms. The Balaban J connectivity index is 0.00000325. The van der Waals surface area contributed by atoms with Gasteiger partial charge < -0.3 is 37.2 Å². The van der Waals surface area contributed by atoms with Crippen molar-refractivity contribution in [3.05, 3.63) is 117 Å². The second-order valence-electron chi connectivity index (χ2n) is 16.9. The van der Waals surface area contributed by atoms with Crippen LogP contribution in [-0.2, 0) is 21.7 Å². The summed E-state index contributed by atoms with van der Waals surface area (Å²) in [5.74, 6) is 3.95. The zero-order valence-corrected chi connectivity index (χ0v) is 38.4. The molecule has 2 atom stereocenters. The second-order valence-corrected chi connectivity index (χ2v) is 20.6. The van der Waals surface area contributed by atoms with E-state index in [0.717, 1.165) is 0 Å². The quantitative estimate of drug-likeness (QED) is 0.168. The van der Waals surface area contributed by atoms with Crippen LogP contribution in [0.1, 0.15) is 172 Å². The summed E-state index contributed by atoms with van der Waals surface area (Å²) in [6.45, 7) is 31.2. The van der Waals surface area contributed by atoms with Gasteiger partial charge >= 0.3 is 21.7 Å². The average molecular weight is 798 g/mol. The third kappa shape index (κ3) is 9.55. The van der Waals surface area contributed by atoms with Crippen LogP contribution in [0.5, 0.6) is 0 Å². The summed E-state index contributed by atoms with van der Waals surface area (Å²) in [5.41, 5.74) is 12.3. The normalized spacial score (nSPS) is 17.0. The third-order valence-corrected chi connectivity index (χ3v) is 16.4. The fraction of sp³-hybridized carbons (Fsp3) is 0.500. The van der Waals surface area contributed by atoms with E-state index in [2.05, 4.69) is 163 Å². The number of fused-ring (bicyclic) bond motifs is 1. The van der Waals surface area contributed by atoms with Crippen LogP contribution in [0.2, 0.25) is 0 Å². The summed E-state index contributed by atoms with van der Waals surface area (Å²) in [6.07, 6.45) is 9.72. The van der Waals surface area contributed by atoms with E-state index in [0.29, 0.717) is 47.3 Å². The van der Waals surface area contributed by atoms with Gasteiger partial charge in [0.2, 0.25) is 0 Å². The van der Waals surface area contributed by atoms with E-state index in [-0.39, 0.29) is 58.9 Å². The van der Waals surface area contributed by atoms with Gasteiger partial charge in [0, 0.05) is 0 Å². The summed E-state index contributed by atoms with van der Waals surface area (Å²) < 4.78 is 0. The number of halogens is 3. The van der Waals surface area contributed by atoms with E-state index >= 15 is 0 Å². The molecule has 1 saturated carbocycles. The van der Waals surface area contributed by atoms with E-state index < -0.39 is 8.07 Å². The van der Waals surface area contributed by atoms with Gasteiger partial charge in [0.15, 0.2) is 0 Å². The van der Waals surface area contributed by atoms with Gasteiger partial charge in [0.25, 0.3) is 0 Å². The van der Waals surface area contributed by atoms with Crippen molar-refractivity contribution in [1.82, 2.24) is 0 Å². The van der Waals surface area contributed by atoms with Gasteiger partial charge in [-0.25, -0.2) is 11.6 Å². The Morgan fingerprint density at radius 2 is 0.804 bits per heavy atom. The first-order valence-corrected chi connectivity index (χ1v) is 20.8. The topological polar surface area (TPSA) is 0 Å². The monoisotopic (exact) mass is 796 g/mol. The van der Waals surface area contributed by atoms with Crippen LogP contribution in [0.4, 0.5) is 0 Å². The van der Waals surface area contributed by atoms with Crippen LogP contribution in [0, 0.1) is 17.4 Å². The molecule has 0 N–H and O–H groups in total. The molecular formula is C46H63Cl3SiTi. The second kappa shape index (κ2) is 19.4. The molecule has 5 rings (SSSR count). The van der Waals surface area contributed by atoms with E-state index in [1.807, 2.05) is 0 Å². The molecule has 0 bridgehead atoms. The van der Waals surface area contributed by atoms with Crippen LogP contribution >= 0.6 is 0 Å². The molecule has 3 aromatic rings. The molecule has 0 amide bonds. The van der Waals surface area contributed by atoms with Gasteiger partial charge in [-0.3, -0.25) is 0 Å². The Morgan fingerprint density at radius 3 is 1.08 bits per heavy atom. The van der Waals surface area contributed by atoms with Gasteiger partial charge in [-0.05, 0) is 81.2 Å². The molecule has 3 aromatic carbocycles. The van der Waals surface area contributed by atoms with Crippen LogP contribution < -0.4 is 52.8 Å². The molecule has 0 aromatic heterocycles. The minimum atomic E-state index is -2.81. The Bertz CT molecular complexity index is 1420. The maximum atomic E-state index is 2.67. The SMILES string of the molecule is CC(C)c1cc(C(C)C)cc([Si](c2cc(C(C)C)cc(C(C)C)c2)(c2cc(C(C)C)cc(C(C)C)c2)[C-]2C3=CC=CCC3CC2C)c1.[Cl-].[Cl-].[Cl-].[Ti+4]. The van der Waals surface area contributed by atoms with Crippen molar-refractivity contribution in [2.24, 2.45) is 11.8 Å². The summed E-state index contributed by atoms with van der Waals surface area (Å²) in [7, 11) is -2.81. The standard InChI is InChI=1S/C46H63Si.3ClH.Ti/c1-28(2)36-19-37(29(3)4)23-42(22-36)47(46-34(13)18-35-16-14-15-17-45(35)46,43-24-38(30(5)6)20-39(25-43)31(7)8)44-26-40(32(9)10)21-41(27-44)33(11)12;;;;/h14-15,17,19-35H,16,18H2,1-13H3;3*1H;/q-1;;;;+4/p-3. The van der Waals surface area contributed by atoms with Crippen molar-refractivity contribution in [2.45, 2.75) is 138 Å². The number of rotatable bonds is 10. The van der Waals surface area contributed by atoms with Crippen LogP contribution in [0.3, 0.4) is 0 Å². The first-order valence-electron chi connectivity index (χ1n) is 18.8. The Hall–Kier alpha value is -1.19. The van der Waals surface area contributed by atoms with Crippen molar-refractivity contribution in [3.8, 4) is 0 Å². The number of hydrogen-bond donors (Lipinski definition) is 0. The molecule has 2 aliphatic carbocycles. The number of hydrogen-bond acceptors (Lipinski definition) is 0. The smallest absolute Gasteiger partial charge is 1.00 e. The van der Waals surface area contributed by atoms with E-state index in [4.69, 9.17) is 0 Å². The summed E-state index contributed by atoms with van der Waals surface area (Å²) in [4.78, 5) is 0. The molecule has 0 spiro atoms. The van der Waals surface area contributed by atoms with Crippen molar-refractivity contribution >= 4 is 23.6 Å². The fourth-order valence-corrected chi connectivity index (χ4v) is 14.1. The molecule has 0 radical (unpaired) electrons. The molecule has 0 saturated heterocycles. The summed E-state index contributed by atoms with van der Waals surface area (Å²) >= 11 is 0. The molecule has 2 unspecified atom stereocenters.